The van der Waals surface area contributed by atoms with Gasteiger partial charge in [0.15, 0.2) is 4.77 Å². The van der Waals surface area contributed by atoms with E-state index in [0.29, 0.717) is 4.77 Å². The maximum Gasteiger partial charge on any atom is 0.175 e. The third-order valence-corrected chi connectivity index (χ3v) is 2.95. The second kappa shape index (κ2) is 2.71. The van der Waals surface area contributed by atoms with E-state index in [1.165, 1.54) is 5.56 Å². The summed E-state index contributed by atoms with van der Waals surface area (Å²) in [4.78, 5) is 6.16. The molecule has 0 saturated heterocycles. The Kier molecular flexibility index (Phi) is 1.81. The number of hydrogen-bond donors (Lipinski definition) is 2. The highest BCUT2D eigenvalue weighted by Gasteiger charge is 2.01. The van der Waals surface area contributed by atoms with Gasteiger partial charge in [-0.05, 0) is 36.8 Å². The van der Waals surface area contributed by atoms with Crippen LogP contribution in [0.15, 0.2) is 16.6 Å². The predicted octanol–water partition coefficient (Wildman–Crippen LogP) is 3.30. The molecule has 12 heavy (non-hydrogen) atoms. The standard InChI is InChI=1S/C8H7BrN2S/c1-4-5(9)2-3-6-7(4)11-8(12)10-6/h2-3H,1H3,(H2,10,11,12). The lowest BCUT2D eigenvalue weighted by Gasteiger charge is -1.97. The maximum atomic E-state index is 4.99. The highest BCUT2D eigenvalue weighted by atomic mass is 79.9. The summed E-state index contributed by atoms with van der Waals surface area (Å²) in [5, 5.41) is 0. The van der Waals surface area contributed by atoms with E-state index in [9.17, 15) is 0 Å². The zero-order valence-electron chi connectivity index (χ0n) is 6.44. The van der Waals surface area contributed by atoms with E-state index in [-0.39, 0.29) is 0 Å². The number of benzene rings is 1. The molecule has 0 aliphatic rings. The number of aromatic nitrogens is 2. The van der Waals surface area contributed by atoms with Crippen molar-refractivity contribution >= 4 is 39.2 Å². The summed E-state index contributed by atoms with van der Waals surface area (Å²) in [6, 6.07) is 4.01. The van der Waals surface area contributed by atoms with Crippen LogP contribution in [0.3, 0.4) is 0 Å². The molecule has 2 N–H and O–H groups in total. The number of halogens is 1. The van der Waals surface area contributed by atoms with Crippen LogP contribution >= 0.6 is 28.1 Å². The lowest BCUT2D eigenvalue weighted by atomic mass is 10.2. The number of rotatable bonds is 0. The van der Waals surface area contributed by atoms with E-state index < -0.39 is 0 Å². The van der Waals surface area contributed by atoms with E-state index in [0.717, 1.165) is 15.5 Å². The molecule has 0 fully saturated rings. The first kappa shape index (κ1) is 8.01. The summed E-state index contributed by atoms with van der Waals surface area (Å²) in [5.74, 6) is 0. The number of nitrogens with one attached hydrogen (secondary N) is 2. The number of H-pyrrole nitrogens is 2. The highest BCUT2D eigenvalue weighted by Crippen LogP contribution is 2.22. The molecule has 0 unspecified atom stereocenters. The Morgan fingerprint density at radius 3 is 2.83 bits per heavy atom. The van der Waals surface area contributed by atoms with Crippen LogP contribution in [0.5, 0.6) is 0 Å². The second-order valence-electron chi connectivity index (χ2n) is 2.67. The van der Waals surface area contributed by atoms with E-state index in [4.69, 9.17) is 12.2 Å². The molecule has 1 heterocycles. The minimum Gasteiger partial charge on any atom is -0.331 e. The molecule has 0 aliphatic heterocycles. The molecule has 0 aliphatic carbocycles. The number of imidazole rings is 1. The van der Waals surface area contributed by atoms with Gasteiger partial charge in [0.05, 0.1) is 11.0 Å². The number of aromatic amines is 2. The molecule has 0 atom stereocenters. The minimum atomic E-state index is 0.672. The average Bonchev–Trinajstić information content (AvgIpc) is 2.39. The van der Waals surface area contributed by atoms with Crippen LogP contribution in [0.2, 0.25) is 0 Å². The quantitative estimate of drug-likeness (QED) is 0.683. The van der Waals surface area contributed by atoms with Crippen molar-refractivity contribution < 1.29 is 0 Å². The molecule has 2 aromatic rings. The summed E-state index contributed by atoms with van der Waals surface area (Å²) in [6.45, 7) is 2.05. The molecule has 4 heteroatoms. The Balaban J connectivity index is 2.99. The van der Waals surface area contributed by atoms with Crippen LogP contribution in [0, 0.1) is 11.7 Å². The monoisotopic (exact) mass is 242 g/mol. The molecule has 0 saturated carbocycles. The van der Waals surface area contributed by atoms with Crippen molar-refractivity contribution in [3.63, 3.8) is 0 Å². The third kappa shape index (κ3) is 1.11. The molecule has 1 aromatic carbocycles. The van der Waals surface area contributed by atoms with Gasteiger partial charge >= 0.3 is 0 Å². The van der Waals surface area contributed by atoms with Gasteiger partial charge in [-0.15, -0.1) is 0 Å². The number of hydrogen-bond acceptors (Lipinski definition) is 1. The Bertz CT molecular complexity index is 483. The summed E-state index contributed by atoms with van der Waals surface area (Å²) >= 11 is 8.45. The third-order valence-electron chi connectivity index (χ3n) is 1.89. The van der Waals surface area contributed by atoms with Crippen LogP contribution in [-0.4, -0.2) is 9.97 Å². The maximum absolute atomic E-state index is 4.99. The Morgan fingerprint density at radius 1 is 1.33 bits per heavy atom. The zero-order valence-corrected chi connectivity index (χ0v) is 8.84. The lowest BCUT2D eigenvalue weighted by Crippen LogP contribution is -1.77. The second-order valence-corrected chi connectivity index (χ2v) is 3.94. The van der Waals surface area contributed by atoms with Crippen molar-refractivity contribution in [2.45, 2.75) is 6.92 Å². The van der Waals surface area contributed by atoms with E-state index in [1.54, 1.807) is 0 Å². The van der Waals surface area contributed by atoms with Gasteiger partial charge in [-0.2, -0.15) is 0 Å². The Hall–Kier alpha value is -0.610. The van der Waals surface area contributed by atoms with Crippen LogP contribution < -0.4 is 0 Å². The molecular formula is C8H7BrN2S. The van der Waals surface area contributed by atoms with Crippen LogP contribution in [-0.2, 0) is 0 Å². The SMILES string of the molecule is Cc1c(Br)ccc2[nH]c(=S)[nH]c12. The fourth-order valence-corrected chi connectivity index (χ4v) is 1.76. The molecular weight excluding hydrogens is 236 g/mol. The van der Waals surface area contributed by atoms with E-state index >= 15 is 0 Å². The summed E-state index contributed by atoms with van der Waals surface area (Å²) in [6.07, 6.45) is 0. The minimum absolute atomic E-state index is 0.672. The summed E-state index contributed by atoms with van der Waals surface area (Å²) in [5.41, 5.74) is 3.31. The van der Waals surface area contributed by atoms with Crippen molar-refractivity contribution in [3.05, 3.63) is 26.9 Å². The molecule has 2 rings (SSSR count). The molecule has 0 spiro atoms. The zero-order chi connectivity index (χ0) is 8.72. The largest absolute Gasteiger partial charge is 0.331 e. The van der Waals surface area contributed by atoms with E-state index in [1.807, 2.05) is 19.1 Å². The van der Waals surface area contributed by atoms with Gasteiger partial charge in [-0.1, -0.05) is 15.9 Å². The molecule has 0 radical (unpaired) electrons. The van der Waals surface area contributed by atoms with Crippen molar-refractivity contribution in [1.82, 2.24) is 9.97 Å². The van der Waals surface area contributed by atoms with Gasteiger partial charge in [0.1, 0.15) is 0 Å². The predicted molar refractivity (Wildman–Crippen MR) is 55.9 cm³/mol. The average molecular weight is 243 g/mol. The first-order valence-electron chi connectivity index (χ1n) is 3.55. The molecule has 2 nitrogen and oxygen atoms in total. The van der Waals surface area contributed by atoms with Crippen molar-refractivity contribution in [3.8, 4) is 0 Å². The number of aryl methyl sites for hydroxylation is 1. The molecule has 0 bridgehead atoms. The van der Waals surface area contributed by atoms with Gasteiger partial charge < -0.3 is 9.97 Å². The van der Waals surface area contributed by atoms with E-state index in [2.05, 4.69) is 25.9 Å². The van der Waals surface area contributed by atoms with Gasteiger partial charge in [0.2, 0.25) is 0 Å². The smallest absolute Gasteiger partial charge is 0.175 e. The van der Waals surface area contributed by atoms with Gasteiger partial charge in [0, 0.05) is 4.47 Å². The van der Waals surface area contributed by atoms with Crippen molar-refractivity contribution in [2.75, 3.05) is 0 Å². The first-order valence-corrected chi connectivity index (χ1v) is 4.76. The number of fused-ring (bicyclic) bond motifs is 1. The Labute approximate surface area is 83.1 Å². The van der Waals surface area contributed by atoms with Gasteiger partial charge in [0.25, 0.3) is 0 Å². The highest BCUT2D eigenvalue weighted by molar-refractivity contribution is 9.10. The van der Waals surface area contributed by atoms with Crippen molar-refractivity contribution in [1.29, 1.82) is 0 Å². The van der Waals surface area contributed by atoms with Crippen LogP contribution in [0.1, 0.15) is 5.56 Å². The first-order chi connectivity index (χ1) is 5.68. The van der Waals surface area contributed by atoms with Crippen LogP contribution in [0.4, 0.5) is 0 Å². The fourth-order valence-electron chi connectivity index (χ4n) is 1.22. The van der Waals surface area contributed by atoms with Gasteiger partial charge in [-0.3, -0.25) is 0 Å². The molecule has 62 valence electrons. The molecule has 1 aromatic heterocycles. The topological polar surface area (TPSA) is 31.6 Å². The Morgan fingerprint density at radius 2 is 2.08 bits per heavy atom. The normalized spacial score (nSPS) is 10.8. The van der Waals surface area contributed by atoms with Crippen LogP contribution in [0.25, 0.3) is 11.0 Å². The van der Waals surface area contributed by atoms with Crippen molar-refractivity contribution in [2.24, 2.45) is 0 Å². The van der Waals surface area contributed by atoms with Gasteiger partial charge in [-0.25, -0.2) is 0 Å². The summed E-state index contributed by atoms with van der Waals surface area (Å²) < 4.78 is 1.77. The fraction of sp³-hybridized carbons (Fsp3) is 0.125. The summed E-state index contributed by atoms with van der Waals surface area (Å²) in [7, 11) is 0. The lowest BCUT2D eigenvalue weighted by molar-refractivity contribution is 1.29. The molecule has 0 amide bonds.